The SMILES string of the molecule is C=CC(=O)Nc1cc(C)ccc1Nc1nc(Nc2ncc(C(F)(F)F)c(OC)n2)ncc1C(F)(F)F. The second-order valence-electron chi connectivity index (χ2n) is 7.06. The van der Waals surface area contributed by atoms with Crippen LogP contribution in [0.3, 0.4) is 0 Å². The molecule has 3 aromatic rings. The number of alkyl halides is 6. The Labute approximate surface area is 199 Å². The van der Waals surface area contributed by atoms with Gasteiger partial charge in [0.2, 0.25) is 23.7 Å². The van der Waals surface area contributed by atoms with E-state index in [-0.39, 0.29) is 11.4 Å². The topological polar surface area (TPSA) is 114 Å². The van der Waals surface area contributed by atoms with E-state index in [0.717, 1.165) is 13.2 Å². The maximum Gasteiger partial charge on any atom is 0.423 e. The molecule has 15 heteroatoms. The third-order valence-electron chi connectivity index (χ3n) is 4.44. The summed E-state index contributed by atoms with van der Waals surface area (Å²) in [5.74, 6) is -3.04. The van der Waals surface area contributed by atoms with E-state index >= 15 is 0 Å². The summed E-state index contributed by atoms with van der Waals surface area (Å²) in [4.78, 5) is 26.2. The second-order valence-corrected chi connectivity index (χ2v) is 7.06. The fourth-order valence-electron chi connectivity index (χ4n) is 2.80. The first-order valence-electron chi connectivity index (χ1n) is 9.82. The molecule has 1 amide bonds. The highest BCUT2D eigenvalue weighted by Gasteiger charge is 2.37. The second kappa shape index (κ2) is 10.1. The molecular formula is C21H17F6N7O2. The van der Waals surface area contributed by atoms with E-state index in [1.807, 2.05) is 0 Å². The molecule has 0 bridgehead atoms. The van der Waals surface area contributed by atoms with Gasteiger partial charge in [0, 0.05) is 12.4 Å². The molecule has 0 fully saturated rings. The van der Waals surface area contributed by atoms with Gasteiger partial charge < -0.3 is 15.4 Å². The van der Waals surface area contributed by atoms with Gasteiger partial charge in [0.1, 0.15) is 16.9 Å². The van der Waals surface area contributed by atoms with E-state index < -0.39 is 53.0 Å². The minimum Gasteiger partial charge on any atom is -0.480 e. The molecule has 1 aromatic carbocycles. The van der Waals surface area contributed by atoms with E-state index in [1.54, 1.807) is 13.0 Å². The molecule has 0 saturated carbocycles. The van der Waals surface area contributed by atoms with E-state index in [4.69, 9.17) is 0 Å². The summed E-state index contributed by atoms with van der Waals surface area (Å²) in [6, 6.07) is 4.52. The molecule has 0 aliphatic rings. The van der Waals surface area contributed by atoms with Gasteiger partial charge in [-0.25, -0.2) is 9.97 Å². The number of nitrogens with zero attached hydrogens (tertiary/aromatic N) is 4. The number of methoxy groups -OCH3 is 1. The number of hydrogen-bond donors (Lipinski definition) is 3. The number of rotatable bonds is 7. The number of halogens is 6. The zero-order valence-electron chi connectivity index (χ0n) is 18.5. The molecule has 2 heterocycles. The van der Waals surface area contributed by atoms with Crippen molar-refractivity contribution in [2.45, 2.75) is 19.3 Å². The Hall–Kier alpha value is -4.43. The summed E-state index contributed by atoms with van der Waals surface area (Å²) in [6.45, 7) is 5.04. The fraction of sp³-hybridized carbons (Fsp3) is 0.190. The van der Waals surface area contributed by atoms with Crippen LogP contribution >= 0.6 is 0 Å². The van der Waals surface area contributed by atoms with Gasteiger partial charge in [-0.05, 0) is 30.7 Å². The predicted molar refractivity (Wildman–Crippen MR) is 117 cm³/mol. The first-order chi connectivity index (χ1) is 16.8. The number of aryl methyl sites for hydroxylation is 1. The van der Waals surface area contributed by atoms with Crippen LogP contribution in [0.25, 0.3) is 0 Å². The molecule has 190 valence electrons. The number of nitrogens with one attached hydrogen (secondary N) is 3. The standard InChI is InChI=1S/C21H17F6N7O2/c1-4-15(35)30-14-7-10(2)5-6-13(14)31-16-11(20(22,23)24)8-28-18(32-16)34-19-29-9-12(21(25,26)27)17(33-19)36-3/h4-9H,1H2,2-3H3,(H,30,35)(H2,28,29,31,32,33,34). The first-order valence-corrected chi connectivity index (χ1v) is 9.82. The number of amides is 1. The molecule has 9 nitrogen and oxygen atoms in total. The predicted octanol–water partition coefficient (Wildman–Crippen LogP) is 5.23. The van der Waals surface area contributed by atoms with Crippen molar-refractivity contribution < 1.29 is 35.9 Å². The molecule has 0 atom stereocenters. The summed E-state index contributed by atoms with van der Waals surface area (Å²) in [6.07, 6.45) is -7.77. The average Bonchev–Trinajstić information content (AvgIpc) is 2.79. The van der Waals surface area contributed by atoms with Crippen molar-refractivity contribution in [1.29, 1.82) is 0 Å². The minimum absolute atomic E-state index is 0.0680. The molecule has 3 N–H and O–H groups in total. The molecule has 0 radical (unpaired) electrons. The maximum absolute atomic E-state index is 13.6. The van der Waals surface area contributed by atoms with Gasteiger partial charge in [-0.15, -0.1) is 0 Å². The average molecular weight is 513 g/mol. The van der Waals surface area contributed by atoms with Crippen LogP contribution in [0.5, 0.6) is 5.88 Å². The van der Waals surface area contributed by atoms with Crippen molar-refractivity contribution in [3.05, 3.63) is 59.9 Å². The highest BCUT2D eigenvalue weighted by atomic mass is 19.4. The minimum atomic E-state index is -4.87. The number of carbonyl (C=O) groups excluding carboxylic acids is 1. The van der Waals surface area contributed by atoms with E-state index in [2.05, 4.69) is 47.2 Å². The Morgan fingerprint density at radius 1 is 0.944 bits per heavy atom. The van der Waals surface area contributed by atoms with Crippen LogP contribution in [0.4, 0.5) is 55.4 Å². The number of carbonyl (C=O) groups is 1. The lowest BCUT2D eigenvalue weighted by molar-refractivity contribution is -0.139. The van der Waals surface area contributed by atoms with Gasteiger partial charge in [0.05, 0.1) is 18.5 Å². The lowest BCUT2D eigenvalue weighted by Gasteiger charge is -2.17. The van der Waals surface area contributed by atoms with Crippen LogP contribution in [0.2, 0.25) is 0 Å². The molecule has 3 rings (SSSR count). The highest BCUT2D eigenvalue weighted by molar-refractivity contribution is 6.01. The van der Waals surface area contributed by atoms with Crippen molar-refractivity contribution in [1.82, 2.24) is 19.9 Å². The maximum atomic E-state index is 13.6. The van der Waals surface area contributed by atoms with E-state index in [0.29, 0.717) is 18.0 Å². The Kier molecular flexibility index (Phi) is 7.31. The van der Waals surface area contributed by atoms with Crippen LogP contribution < -0.4 is 20.7 Å². The lowest BCUT2D eigenvalue weighted by Crippen LogP contribution is -2.15. The Balaban J connectivity index is 2.00. The van der Waals surface area contributed by atoms with Gasteiger partial charge in [-0.1, -0.05) is 12.6 Å². The van der Waals surface area contributed by atoms with Crippen molar-refractivity contribution in [2.24, 2.45) is 0 Å². The van der Waals surface area contributed by atoms with Gasteiger partial charge in [-0.3, -0.25) is 10.1 Å². The molecule has 0 saturated heterocycles. The number of hydrogen-bond acceptors (Lipinski definition) is 8. The molecule has 0 unspecified atom stereocenters. The van der Waals surface area contributed by atoms with E-state index in [9.17, 15) is 31.1 Å². The lowest BCUT2D eigenvalue weighted by atomic mass is 10.1. The van der Waals surface area contributed by atoms with Crippen LogP contribution in [0.15, 0.2) is 43.2 Å². The van der Waals surface area contributed by atoms with Gasteiger partial charge >= 0.3 is 12.4 Å². The van der Waals surface area contributed by atoms with Crippen LogP contribution in [0.1, 0.15) is 16.7 Å². The highest BCUT2D eigenvalue weighted by Crippen LogP contribution is 2.37. The summed E-state index contributed by atoms with van der Waals surface area (Å²) in [5, 5.41) is 7.33. The quantitative estimate of drug-likeness (QED) is 0.291. The summed E-state index contributed by atoms with van der Waals surface area (Å²) in [5.41, 5.74) is -1.58. The fourth-order valence-corrected chi connectivity index (χ4v) is 2.80. The molecule has 0 aliphatic heterocycles. The summed E-state index contributed by atoms with van der Waals surface area (Å²) >= 11 is 0. The van der Waals surface area contributed by atoms with Crippen molar-refractivity contribution in [3.63, 3.8) is 0 Å². The summed E-state index contributed by atoms with van der Waals surface area (Å²) < 4.78 is 84.5. The third-order valence-corrected chi connectivity index (χ3v) is 4.44. The normalized spacial score (nSPS) is 11.6. The monoisotopic (exact) mass is 513 g/mol. The number of anilines is 5. The number of benzene rings is 1. The number of aromatic nitrogens is 4. The van der Waals surface area contributed by atoms with Crippen molar-refractivity contribution >= 4 is 35.0 Å². The zero-order chi connectivity index (χ0) is 26.7. The Morgan fingerprint density at radius 2 is 1.56 bits per heavy atom. The van der Waals surface area contributed by atoms with Gasteiger partial charge in [-0.2, -0.15) is 36.3 Å². The van der Waals surface area contributed by atoms with Crippen LogP contribution in [-0.4, -0.2) is 33.0 Å². The van der Waals surface area contributed by atoms with Crippen LogP contribution in [0, 0.1) is 6.92 Å². The third kappa shape index (κ3) is 6.17. The smallest absolute Gasteiger partial charge is 0.423 e. The molecule has 0 aliphatic carbocycles. The molecular weight excluding hydrogens is 496 g/mol. The largest absolute Gasteiger partial charge is 0.480 e. The van der Waals surface area contributed by atoms with Crippen molar-refractivity contribution in [3.8, 4) is 5.88 Å². The zero-order valence-corrected chi connectivity index (χ0v) is 18.5. The number of ether oxygens (including phenoxy) is 1. The first kappa shape index (κ1) is 26.2. The van der Waals surface area contributed by atoms with Gasteiger partial charge in [0.15, 0.2) is 0 Å². The molecule has 2 aromatic heterocycles. The van der Waals surface area contributed by atoms with Crippen LogP contribution in [-0.2, 0) is 17.1 Å². The summed E-state index contributed by atoms with van der Waals surface area (Å²) in [7, 11) is 0.961. The van der Waals surface area contributed by atoms with Crippen molar-refractivity contribution in [2.75, 3.05) is 23.1 Å². The Bertz CT molecular complexity index is 1290. The van der Waals surface area contributed by atoms with E-state index in [1.165, 1.54) is 12.1 Å². The molecule has 0 spiro atoms. The Morgan fingerprint density at radius 3 is 2.14 bits per heavy atom. The molecule has 36 heavy (non-hydrogen) atoms. The van der Waals surface area contributed by atoms with Gasteiger partial charge in [0.25, 0.3) is 0 Å².